The van der Waals surface area contributed by atoms with Crippen molar-refractivity contribution >= 4 is 0 Å². The van der Waals surface area contributed by atoms with Gasteiger partial charge >= 0.3 is 0 Å². The molecule has 0 unspecified atom stereocenters. The second-order valence-corrected chi connectivity index (χ2v) is 7.45. The fourth-order valence-corrected chi connectivity index (χ4v) is 4.01. The van der Waals surface area contributed by atoms with Gasteiger partial charge in [0.05, 0.1) is 7.11 Å². The minimum absolute atomic E-state index is 0.509. The Bertz CT molecular complexity index is 849. The molecule has 1 heterocycles. The molecule has 1 aliphatic rings. The van der Waals surface area contributed by atoms with E-state index in [-0.39, 0.29) is 0 Å². The molecule has 0 aliphatic carbocycles. The summed E-state index contributed by atoms with van der Waals surface area (Å²) in [7, 11) is 1.70. The van der Waals surface area contributed by atoms with Crippen LogP contribution in [0.3, 0.4) is 0 Å². The van der Waals surface area contributed by atoms with Crippen molar-refractivity contribution in [2.45, 2.75) is 31.6 Å². The van der Waals surface area contributed by atoms with Gasteiger partial charge < -0.3 is 10.1 Å². The highest BCUT2D eigenvalue weighted by Crippen LogP contribution is 2.39. The van der Waals surface area contributed by atoms with Crippen molar-refractivity contribution in [3.63, 3.8) is 0 Å². The molecular formula is C25H28N2O. The van der Waals surface area contributed by atoms with E-state index in [2.05, 4.69) is 83.0 Å². The first-order valence-electron chi connectivity index (χ1n) is 10.0. The van der Waals surface area contributed by atoms with Crippen molar-refractivity contribution in [2.24, 2.45) is 0 Å². The minimum Gasteiger partial charge on any atom is -0.497 e. The summed E-state index contributed by atoms with van der Waals surface area (Å²) >= 11 is 0. The molecule has 0 bridgehead atoms. The molecule has 1 aliphatic heterocycles. The van der Waals surface area contributed by atoms with E-state index in [1.165, 1.54) is 23.1 Å². The fraction of sp³-hybridized carbons (Fsp3) is 0.280. The van der Waals surface area contributed by atoms with Crippen molar-refractivity contribution in [1.82, 2.24) is 10.2 Å². The standard InChI is InChI=1S/C25H28N2O/c1-28-24-14-12-20(13-15-24)17-26-18-23-16-25(22-10-6-3-7-11-22)27(23)19-21-8-4-2-5-9-21/h2-15,23,25-26H,16-19H2,1H3/t23-,25+/m0/s1. The quantitative estimate of drug-likeness (QED) is 0.615. The topological polar surface area (TPSA) is 24.5 Å². The van der Waals surface area contributed by atoms with E-state index in [1.807, 2.05) is 12.1 Å². The number of rotatable bonds is 8. The number of ether oxygens (including phenoxy) is 1. The molecule has 1 N–H and O–H groups in total. The van der Waals surface area contributed by atoms with Gasteiger partial charge in [0.15, 0.2) is 0 Å². The molecule has 4 rings (SSSR count). The monoisotopic (exact) mass is 372 g/mol. The third-order valence-corrected chi connectivity index (χ3v) is 5.63. The van der Waals surface area contributed by atoms with Crippen molar-refractivity contribution in [1.29, 1.82) is 0 Å². The second-order valence-electron chi connectivity index (χ2n) is 7.45. The van der Waals surface area contributed by atoms with Gasteiger partial charge in [0.2, 0.25) is 0 Å². The van der Waals surface area contributed by atoms with Crippen LogP contribution in [0.5, 0.6) is 5.75 Å². The summed E-state index contributed by atoms with van der Waals surface area (Å²) in [6.45, 7) is 2.88. The number of nitrogens with one attached hydrogen (secondary N) is 1. The molecule has 3 aromatic carbocycles. The van der Waals surface area contributed by atoms with E-state index in [9.17, 15) is 0 Å². The first-order chi connectivity index (χ1) is 13.8. The lowest BCUT2D eigenvalue weighted by Gasteiger charge is -2.49. The van der Waals surface area contributed by atoms with Gasteiger partial charge in [0, 0.05) is 31.7 Å². The first-order valence-corrected chi connectivity index (χ1v) is 10.0. The van der Waals surface area contributed by atoms with Crippen LogP contribution in [0.1, 0.15) is 29.2 Å². The third-order valence-electron chi connectivity index (χ3n) is 5.63. The van der Waals surface area contributed by atoms with Gasteiger partial charge in [-0.1, -0.05) is 72.8 Å². The summed E-state index contributed by atoms with van der Waals surface area (Å²) in [5.74, 6) is 0.905. The Morgan fingerprint density at radius 3 is 2.21 bits per heavy atom. The highest BCUT2D eigenvalue weighted by Gasteiger charge is 2.38. The van der Waals surface area contributed by atoms with Crippen molar-refractivity contribution in [3.8, 4) is 5.75 Å². The van der Waals surface area contributed by atoms with Gasteiger partial charge in [-0.25, -0.2) is 0 Å². The predicted molar refractivity (Wildman–Crippen MR) is 114 cm³/mol. The molecule has 3 nitrogen and oxygen atoms in total. The van der Waals surface area contributed by atoms with Crippen molar-refractivity contribution in [2.75, 3.05) is 13.7 Å². The summed E-state index contributed by atoms with van der Waals surface area (Å²) in [6, 6.07) is 31.0. The van der Waals surface area contributed by atoms with Crippen molar-refractivity contribution in [3.05, 3.63) is 102 Å². The maximum absolute atomic E-state index is 5.24. The zero-order chi connectivity index (χ0) is 19.2. The van der Waals surface area contributed by atoms with Gasteiger partial charge in [0.1, 0.15) is 5.75 Å². The lowest BCUT2D eigenvalue weighted by Crippen LogP contribution is -2.53. The Morgan fingerprint density at radius 2 is 1.54 bits per heavy atom. The summed E-state index contributed by atoms with van der Waals surface area (Å²) in [5, 5.41) is 3.65. The average Bonchev–Trinajstić information content (AvgIpc) is 2.76. The van der Waals surface area contributed by atoms with Crippen LogP contribution in [0, 0.1) is 0 Å². The molecule has 144 valence electrons. The van der Waals surface area contributed by atoms with Gasteiger partial charge in [-0.05, 0) is 35.2 Å². The highest BCUT2D eigenvalue weighted by molar-refractivity contribution is 5.27. The van der Waals surface area contributed by atoms with Crippen LogP contribution in [0.25, 0.3) is 0 Å². The second kappa shape index (κ2) is 9.05. The Kier molecular flexibility index (Phi) is 6.05. The van der Waals surface area contributed by atoms with Gasteiger partial charge in [-0.15, -0.1) is 0 Å². The van der Waals surface area contributed by atoms with E-state index in [1.54, 1.807) is 7.11 Å². The summed E-state index contributed by atoms with van der Waals surface area (Å²) in [4.78, 5) is 2.63. The molecule has 3 heteroatoms. The minimum atomic E-state index is 0.509. The number of hydrogen-bond acceptors (Lipinski definition) is 3. The molecule has 0 spiro atoms. The Hall–Kier alpha value is -2.62. The number of nitrogens with zero attached hydrogens (tertiary/aromatic N) is 1. The summed E-state index contributed by atoms with van der Waals surface area (Å²) in [6.07, 6.45) is 1.20. The normalized spacial score (nSPS) is 19.2. The third kappa shape index (κ3) is 4.44. The van der Waals surface area contributed by atoms with Crippen LogP contribution in [0.4, 0.5) is 0 Å². The lowest BCUT2D eigenvalue weighted by molar-refractivity contribution is 0.00557. The average molecular weight is 373 g/mol. The Labute approximate surface area is 168 Å². The molecule has 0 aromatic heterocycles. The van der Waals surface area contributed by atoms with E-state index >= 15 is 0 Å². The van der Waals surface area contributed by atoms with Crippen molar-refractivity contribution < 1.29 is 4.74 Å². The van der Waals surface area contributed by atoms with Crippen LogP contribution in [-0.2, 0) is 13.1 Å². The molecule has 0 radical (unpaired) electrons. The van der Waals surface area contributed by atoms with Gasteiger partial charge in [-0.3, -0.25) is 4.90 Å². The van der Waals surface area contributed by atoms with Gasteiger partial charge in [0.25, 0.3) is 0 Å². The largest absolute Gasteiger partial charge is 0.497 e. The zero-order valence-corrected chi connectivity index (χ0v) is 16.4. The smallest absolute Gasteiger partial charge is 0.118 e. The molecular weight excluding hydrogens is 344 g/mol. The maximum atomic E-state index is 5.24. The van der Waals surface area contributed by atoms with Crippen LogP contribution in [0.15, 0.2) is 84.9 Å². The number of benzene rings is 3. The number of hydrogen-bond donors (Lipinski definition) is 1. The SMILES string of the molecule is COc1ccc(CNC[C@@H]2C[C@H](c3ccccc3)N2Cc2ccccc2)cc1. The zero-order valence-electron chi connectivity index (χ0n) is 16.4. The Balaban J connectivity index is 1.37. The number of methoxy groups -OCH3 is 1. The van der Waals surface area contributed by atoms with Crippen LogP contribution in [-0.4, -0.2) is 24.6 Å². The van der Waals surface area contributed by atoms with Gasteiger partial charge in [-0.2, -0.15) is 0 Å². The lowest BCUT2D eigenvalue weighted by atomic mass is 9.86. The predicted octanol–water partition coefficient (Wildman–Crippen LogP) is 4.80. The van der Waals surface area contributed by atoms with E-state index in [0.29, 0.717) is 12.1 Å². The summed E-state index contributed by atoms with van der Waals surface area (Å²) in [5.41, 5.74) is 4.09. The molecule has 28 heavy (non-hydrogen) atoms. The van der Waals surface area contributed by atoms with Crippen LogP contribution in [0.2, 0.25) is 0 Å². The van der Waals surface area contributed by atoms with Crippen LogP contribution >= 0.6 is 0 Å². The molecule has 2 atom stereocenters. The number of likely N-dealkylation sites (tertiary alicyclic amines) is 1. The highest BCUT2D eigenvalue weighted by atomic mass is 16.5. The molecule has 3 aromatic rings. The maximum Gasteiger partial charge on any atom is 0.118 e. The van der Waals surface area contributed by atoms with Crippen LogP contribution < -0.4 is 10.1 Å². The molecule has 1 fully saturated rings. The van der Waals surface area contributed by atoms with E-state index < -0.39 is 0 Å². The molecule has 1 saturated heterocycles. The molecule has 0 amide bonds. The first kappa shape index (κ1) is 18.7. The van der Waals surface area contributed by atoms with E-state index in [0.717, 1.165) is 25.4 Å². The Morgan fingerprint density at radius 1 is 0.857 bits per heavy atom. The molecule has 0 saturated carbocycles. The van der Waals surface area contributed by atoms with E-state index in [4.69, 9.17) is 4.74 Å². The fourth-order valence-electron chi connectivity index (χ4n) is 4.01. The summed E-state index contributed by atoms with van der Waals surface area (Å²) < 4.78 is 5.24.